The molecule has 3 aliphatic rings. The van der Waals surface area contributed by atoms with Crippen LogP contribution >= 0.6 is 0 Å². The van der Waals surface area contributed by atoms with Gasteiger partial charge in [-0.25, -0.2) is 0 Å². The predicted octanol–water partition coefficient (Wildman–Crippen LogP) is 1.01. The van der Waals surface area contributed by atoms with E-state index < -0.39 is 0 Å². The average Bonchev–Trinajstić information content (AvgIpc) is 3.12. The van der Waals surface area contributed by atoms with Crippen LogP contribution in [0.1, 0.15) is 32.6 Å². The lowest BCUT2D eigenvalue weighted by molar-refractivity contribution is -0.0382. The molecule has 2 aliphatic heterocycles. The van der Waals surface area contributed by atoms with Crippen LogP contribution in [0.25, 0.3) is 0 Å². The minimum absolute atomic E-state index is 0.446. The number of ether oxygens (including phenoxy) is 2. The van der Waals surface area contributed by atoms with Gasteiger partial charge in [0, 0.05) is 31.7 Å². The second kappa shape index (κ2) is 5.87. The molecule has 1 N–H and O–H groups in total. The fourth-order valence-corrected chi connectivity index (χ4v) is 2.99. The summed E-state index contributed by atoms with van der Waals surface area (Å²) in [6.45, 7) is 7.17. The Morgan fingerprint density at radius 2 is 2.11 bits per heavy atom. The molecule has 0 spiro atoms. The lowest BCUT2D eigenvalue weighted by Crippen LogP contribution is -2.52. The second-order valence-electron chi connectivity index (χ2n) is 6.05. The third-order valence-corrected chi connectivity index (χ3v) is 4.33. The Morgan fingerprint density at radius 1 is 1.22 bits per heavy atom. The van der Waals surface area contributed by atoms with Crippen LogP contribution in [0.2, 0.25) is 0 Å². The molecule has 3 fully saturated rings. The lowest BCUT2D eigenvalue weighted by atomic mass is 10.1. The van der Waals surface area contributed by atoms with Crippen LogP contribution in [0.5, 0.6) is 0 Å². The van der Waals surface area contributed by atoms with Crippen molar-refractivity contribution < 1.29 is 9.47 Å². The number of nitrogens with zero attached hydrogens (tertiary/aromatic N) is 1. The molecule has 3 unspecified atom stereocenters. The molecule has 104 valence electrons. The average molecular weight is 254 g/mol. The van der Waals surface area contributed by atoms with Gasteiger partial charge >= 0.3 is 0 Å². The van der Waals surface area contributed by atoms with E-state index in [2.05, 4.69) is 17.1 Å². The summed E-state index contributed by atoms with van der Waals surface area (Å²) in [6.07, 6.45) is 6.06. The Hall–Kier alpha value is -0.160. The standard InChI is InChI=1S/C14H26N2O2/c1-11-2-5-14(18-11)9-16-6-7-17-10-13(16)8-15-12-3-4-12/h11-15H,2-10H2,1H3. The van der Waals surface area contributed by atoms with E-state index >= 15 is 0 Å². The van der Waals surface area contributed by atoms with Crippen molar-refractivity contribution in [3.8, 4) is 0 Å². The van der Waals surface area contributed by atoms with E-state index in [1.807, 2.05) is 0 Å². The topological polar surface area (TPSA) is 33.7 Å². The zero-order valence-corrected chi connectivity index (χ0v) is 11.4. The van der Waals surface area contributed by atoms with Crippen LogP contribution < -0.4 is 5.32 Å². The molecule has 2 saturated heterocycles. The van der Waals surface area contributed by atoms with Crippen molar-refractivity contribution in [3.63, 3.8) is 0 Å². The van der Waals surface area contributed by atoms with Crippen molar-refractivity contribution in [1.82, 2.24) is 10.2 Å². The van der Waals surface area contributed by atoms with E-state index in [-0.39, 0.29) is 0 Å². The van der Waals surface area contributed by atoms with Gasteiger partial charge in [0.15, 0.2) is 0 Å². The zero-order chi connectivity index (χ0) is 12.4. The Balaban J connectivity index is 1.47. The van der Waals surface area contributed by atoms with Crippen LogP contribution in [-0.4, -0.2) is 62.0 Å². The molecule has 3 rings (SSSR count). The van der Waals surface area contributed by atoms with E-state index in [1.165, 1.54) is 25.7 Å². The smallest absolute Gasteiger partial charge is 0.0706 e. The molecule has 0 bridgehead atoms. The molecule has 4 nitrogen and oxygen atoms in total. The summed E-state index contributed by atoms with van der Waals surface area (Å²) in [7, 11) is 0. The van der Waals surface area contributed by atoms with Crippen LogP contribution in [0, 0.1) is 0 Å². The zero-order valence-electron chi connectivity index (χ0n) is 11.4. The summed E-state index contributed by atoms with van der Waals surface area (Å²) in [5.41, 5.74) is 0. The summed E-state index contributed by atoms with van der Waals surface area (Å²) >= 11 is 0. The molecule has 2 heterocycles. The minimum atomic E-state index is 0.446. The summed E-state index contributed by atoms with van der Waals surface area (Å²) in [6, 6.07) is 1.33. The first kappa shape index (κ1) is 12.9. The molecule has 0 radical (unpaired) electrons. The molecular formula is C14H26N2O2. The number of hydrogen-bond acceptors (Lipinski definition) is 4. The second-order valence-corrected chi connectivity index (χ2v) is 6.05. The number of morpholine rings is 1. The molecule has 4 heteroatoms. The van der Waals surface area contributed by atoms with Crippen molar-refractivity contribution >= 4 is 0 Å². The highest BCUT2D eigenvalue weighted by atomic mass is 16.5. The van der Waals surface area contributed by atoms with Gasteiger partial charge in [0.2, 0.25) is 0 Å². The van der Waals surface area contributed by atoms with E-state index in [0.29, 0.717) is 18.2 Å². The van der Waals surface area contributed by atoms with Gasteiger partial charge in [-0.05, 0) is 32.6 Å². The molecule has 0 aromatic carbocycles. The van der Waals surface area contributed by atoms with E-state index in [4.69, 9.17) is 9.47 Å². The van der Waals surface area contributed by atoms with Gasteiger partial charge in [-0.2, -0.15) is 0 Å². The highest BCUT2D eigenvalue weighted by Gasteiger charge is 2.30. The first-order valence-corrected chi connectivity index (χ1v) is 7.52. The molecule has 0 aromatic rings. The summed E-state index contributed by atoms with van der Waals surface area (Å²) in [5.74, 6) is 0. The Morgan fingerprint density at radius 3 is 2.83 bits per heavy atom. The first-order valence-electron chi connectivity index (χ1n) is 7.52. The SMILES string of the molecule is CC1CCC(CN2CCOCC2CNC2CC2)O1. The molecular weight excluding hydrogens is 228 g/mol. The number of nitrogens with one attached hydrogen (secondary N) is 1. The quantitative estimate of drug-likeness (QED) is 0.794. The molecule has 18 heavy (non-hydrogen) atoms. The monoisotopic (exact) mass is 254 g/mol. The lowest BCUT2D eigenvalue weighted by Gasteiger charge is -2.37. The summed E-state index contributed by atoms with van der Waals surface area (Å²) in [4.78, 5) is 2.57. The van der Waals surface area contributed by atoms with Gasteiger partial charge in [-0.3, -0.25) is 4.90 Å². The van der Waals surface area contributed by atoms with Gasteiger partial charge in [-0.15, -0.1) is 0 Å². The van der Waals surface area contributed by atoms with E-state index in [0.717, 1.165) is 38.9 Å². The summed E-state index contributed by atoms with van der Waals surface area (Å²) < 4.78 is 11.6. The molecule has 1 aliphatic carbocycles. The minimum Gasteiger partial charge on any atom is -0.378 e. The maximum atomic E-state index is 5.95. The van der Waals surface area contributed by atoms with Crippen molar-refractivity contribution in [1.29, 1.82) is 0 Å². The fourth-order valence-electron chi connectivity index (χ4n) is 2.99. The van der Waals surface area contributed by atoms with Gasteiger partial charge < -0.3 is 14.8 Å². The Kier molecular flexibility index (Phi) is 4.19. The van der Waals surface area contributed by atoms with Crippen molar-refractivity contribution in [3.05, 3.63) is 0 Å². The van der Waals surface area contributed by atoms with Crippen LogP contribution in [-0.2, 0) is 9.47 Å². The van der Waals surface area contributed by atoms with Crippen LogP contribution in [0.3, 0.4) is 0 Å². The number of rotatable bonds is 5. The van der Waals surface area contributed by atoms with Gasteiger partial charge in [0.1, 0.15) is 0 Å². The van der Waals surface area contributed by atoms with Crippen LogP contribution in [0.15, 0.2) is 0 Å². The fraction of sp³-hybridized carbons (Fsp3) is 1.00. The Labute approximate surface area is 110 Å². The van der Waals surface area contributed by atoms with Gasteiger partial charge in [-0.1, -0.05) is 0 Å². The molecule has 1 saturated carbocycles. The highest BCUT2D eigenvalue weighted by molar-refractivity contribution is 4.86. The van der Waals surface area contributed by atoms with Crippen molar-refractivity contribution in [2.75, 3.05) is 32.8 Å². The predicted molar refractivity (Wildman–Crippen MR) is 70.8 cm³/mol. The molecule has 0 amide bonds. The van der Waals surface area contributed by atoms with Gasteiger partial charge in [0.05, 0.1) is 25.4 Å². The normalized spacial score (nSPS) is 38.2. The third-order valence-electron chi connectivity index (χ3n) is 4.33. The van der Waals surface area contributed by atoms with Gasteiger partial charge in [0.25, 0.3) is 0 Å². The molecule has 3 atom stereocenters. The van der Waals surface area contributed by atoms with Crippen molar-refractivity contribution in [2.24, 2.45) is 0 Å². The maximum absolute atomic E-state index is 5.95. The molecule has 0 aromatic heterocycles. The summed E-state index contributed by atoms with van der Waals surface area (Å²) in [5, 5.41) is 3.63. The largest absolute Gasteiger partial charge is 0.378 e. The Bertz CT molecular complexity index is 271. The van der Waals surface area contributed by atoms with E-state index in [9.17, 15) is 0 Å². The highest BCUT2D eigenvalue weighted by Crippen LogP contribution is 2.22. The van der Waals surface area contributed by atoms with Crippen molar-refractivity contribution in [2.45, 2.75) is 56.9 Å². The van der Waals surface area contributed by atoms with Crippen LogP contribution in [0.4, 0.5) is 0 Å². The van der Waals surface area contributed by atoms with E-state index in [1.54, 1.807) is 0 Å². The third kappa shape index (κ3) is 3.44. The first-order chi connectivity index (χ1) is 8.81. The number of hydrogen-bond donors (Lipinski definition) is 1. The maximum Gasteiger partial charge on any atom is 0.0706 e.